The van der Waals surface area contributed by atoms with Crippen molar-refractivity contribution >= 4 is 0 Å². The average Bonchev–Trinajstić information content (AvgIpc) is 2.07. The number of nitrogens with one attached hydrogen (secondary N) is 2. The van der Waals surface area contributed by atoms with Gasteiger partial charge in [0.15, 0.2) is 5.72 Å². The van der Waals surface area contributed by atoms with Crippen LogP contribution in [0.25, 0.3) is 0 Å². The molecule has 3 heteroatoms. The van der Waals surface area contributed by atoms with Crippen molar-refractivity contribution in [3.05, 3.63) is 24.5 Å². The van der Waals surface area contributed by atoms with E-state index in [9.17, 15) is 0 Å². The van der Waals surface area contributed by atoms with Gasteiger partial charge in [0, 0.05) is 13.1 Å². The van der Waals surface area contributed by atoms with Gasteiger partial charge in [0.1, 0.15) is 0 Å². The normalized spacial score (nSPS) is 35.6. The summed E-state index contributed by atoms with van der Waals surface area (Å²) in [5.74, 6) is 0. The van der Waals surface area contributed by atoms with E-state index in [-0.39, 0.29) is 5.72 Å². The van der Waals surface area contributed by atoms with E-state index >= 15 is 0 Å². The molecule has 0 amide bonds. The first-order valence-electron chi connectivity index (χ1n) is 3.89. The van der Waals surface area contributed by atoms with Crippen LogP contribution in [-0.2, 0) is 4.74 Å². The van der Waals surface area contributed by atoms with Crippen LogP contribution in [0.1, 0.15) is 0 Å². The predicted molar refractivity (Wildman–Crippen MR) is 43.0 cm³/mol. The van der Waals surface area contributed by atoms with Gasteiger partial charge in [-0.25, -0.2) is 0 Å². The Balaban J connectivity index is 2.08. The van der Waals surface area contributed by atoms with Crippen LogP contribution in [-0.4, -0.2) is 25.4 Å². The smallest absolute Gasteiger partial charge is 0.192 e. The topological polar surface area (TPSA) is 33.3 Å². The fourth-order valence-electron chi connectivity index (χ4n) is 1.36. The van der Waals surface area contributed by atoms with E-state index in [0.717, 1.165) is 19.6 Å². The molecule has 3 nitrogen and oxygen atoms in total. The molecule has 60 valence electrons. The summed E-state index contributed by atoms with van der Waals surface area (Å²) < 4.78 is 5.47. The van der Waals surface area contributed by atoms with Crippen LogP contribution < -0.4 is 10.6 Å². The zero-order valence-corrected chi connectivity index (χ0v) is 6.34. The third-order valence-electron chi connectivity index (χ3n) is 1.95. The molecule has 0 aliphatic carbocycles. The Labute approximate surface area is 66.1 Å². The monoisotopic (exact) mass is 152 g/mol. The molecule has 0 aromatic rings. The molecule has 2 N–H and O–H groups in total. The molecule has 1 atom stereocenters. The fourth-order valence-corrected chi connectivity index (χ4v) is 1.36. The van der Waals surface area contributed by atoms with Crippen LogP contribution in [0.2, 0.25) is 0 Å². The minimum atomic E-state index is -0.271. The highest BCUT2D eigenvalue weighted by molar-refractivity contribution is 5.15. The molecule has 0 radical (unpaired) electrons. The molecule has 2 aliphatic rings. The molecule has 0 aromatic heterocycles. The Hall–Kier alpha value is -0.800. The lowest BCUT2D eigenvalue weighted by Gasteiger charge is -2.36. The highest BCUT2D eigenvalue weighted by Gasteiger charge is 2.30. The van der Waals surface area contributed by atoms with Gasteiger partial charge < -0.3 is 10.1 Å². The highest BCUT2D eigenvalue weighted by Crippen LogP contribution is 2.14. The summed E-state index contributed by atoms with van der Waals surface area (Å²) in [5, 5.41) is 6.58. The molecular weight excluding hydrogens is 140 g/mol. The first-order chi connectivity index (χ1) is 5.41. The summed E-state index contributed by atoms with van der Waals surface area (Å²) in [4.78, 5) is 0. The van der Waals surface area contributed by atoms with E-state index in [2.05, 4.69) is 10.6 Å². The summed E-state index contributed by atoms with van der Waals surface area (Å²) in [5.41, 5.74) is -0.271. The quantitative estimate of drug-likeness (QED) is 0.511. The molecular formula is C8H12N2O. The average molecular weight is 152 g/mol. The van der Waals surface area contributed by atoms with Crippen LogP contribution in [0.4, 0.5) is 0 Å². The fraction of sp³-hybridized carbons (Fsp3) is 0.500. The molecule has 1 fully saturated rings. The molecule has 1 saturated heterocycles. The van der Waals surface area contributed by atoms with Gasteiger partial charge in [0.05, 0.1) is 12.8 Å². The second kappa shape index (κ2) is 2.68. The second-order valence-corrected chi connectivity index (χ2v) is 2.80. The van der Waals surface area contributed by atoms with Crippen molar-refractivity contribution in [1.29, 1.82) is 0 Å². The lowest BCUT2D eigenvalue weighted by Crippen LogP contribution is -2.59. The van der Waals surface area contributed by atoms with Crippen molar-refractivity contribution in [3.63, 3.8) is 0 Å². The van der Waals surface area contributed by atoms with Gasteiger partial charge in [-0.1, -0.05) is 6.08 Å². The van der Waals surface area contributed by atoms with Gasteiger partial charge in [-0.3, -0.25) is 5.32 Å². The number of rotatable bonds is 0. The van der Waals surface area contributed by atoms with E-state index in [1.165, 1.54) is 0 Å². The van der Waals surface area contributed by atoms with Gasteiger partial charge in [-0.2, -0.15) is 0 Å². The lowest BCUT2D eigenvalue weighted by molar-refractivity contribution is 0.0204. The van der Waals surface area contributed by atoms with Crippen molar-refractivity contribution in [2.45, 2.75) is 5.72 Å². The Morgan fingerprint density at radius 2 is 2.27 bits per heavy atom. The van der Waals surface area contributed by atoms with Gasteiger partial charge in [-0.05, 0) is 12.2 Å². The number of ether oxygens (including phenoxy) is 1. The molecule has 1 spiro atoms. The third-order valence-corrected chi connectivity index (χ3v) is 1.95. The maximum Gasteiger partial charge on any atom is 0.192 e. The molecule has 0 aromatic carbocycles. The van der Waals surface area contributed by atoms with Crippen LogP contribution in [0.5, 0.6) is 0 Å². The van der Waals surface area contributed by atoms with Crippen LogP contribution >= 0.6 is 0 Å². The van der Waals surface area contributed by atoms with Gasteiger partial charge in [-0.15, -0.1) is 0 Å². The first-order valence-corrected chi connectivity index (χ1v) is 3.89. The van der Waals surface area contributed by atoms with Crippen molar-refractivity contribution in [3.8, 4) is 0 Å². The summed E-state index contributed by atoms with van der Waals surface area (Å²) in [7, 11) is 0. The van der Waals surface area contributed by atoms with Crippen molar-refractivity contribution < 1.29 is 4.74 Å². The summed E-state index contributed by atoms with van der Waals surface area (Å²) in [6.45, 7) is 2.81. The molecule has 2 aliphatic heterocycles. The third kappa shape index (κ3) is 1.29. The van der Waals surface area contributed by atoms with Crippen LogP contribution in [0.15, 0.2) is 24.5 Å². The zero-order valence-electron chi connectivity index (χ0n) is 6.34. The maximum absolute atomic E-state index is 5.47. The van der Waals surface area contributed by atoms with Gasteiger partial charge in [0.25, 0.3) is 0 Å². The Bertz CT molecular complexity index is 192. The highest BCUT2D eigenvalue weighted by atomic mass is 16.5. The first kappa shape index (κ1) is 6.88. The molecule has 11 heavy (non-hydrogen) atoms. The van der Waals surface area contributed by atoms with Gasteiger partial charge in [0.2, 0.25) is 0 Å². The largest absolute Gasteiger partial charge is 0.475 e. The van der Waals surface area contributed by atoms with E-state index in [1.807, 2.05) is 18.2 Å². The van der Waals surface area contributed by atoms with E-state index < -0.39 is 0 Å². The van der Waals surface area contributed by atoms with E-state index in [1.54, 1.807) is 6.26 Å². The van der Waals surface area contributed by atoms with E-state index in [0.29, 0.717) is 0 Å². The van der Waals surface area contributed by atoms with Crippen molar-refractivity contribution in [1.82, 2.24) is 10.6 Å². The molecule has 1 unspecified atom stereocenters. The number of allylic oxidation sites excluding steroid dienone is 2. The van der Waals surface area contributed by atoms with Crippen LogP contribution in [0.3, 0.4) is 0 Å². The summed E-state index contributed by atoms with van der Waals surface area (Å²) >= 11 is 0. The maximum atomic E-state index is 5.47. The number of hydrogen-bond acceptors (Lipinski definition) is 3. The Morgan fingerprint density at radius 3 is 2.91 bits per heavy atom. The minimum absolute atomic E-state index is 0.271. The summed E-state index contributed by atoms with van der Waals surface area (Å²) in [6, 6.07) is 0. The molecule has 0 bridgehead atoms. The minimum Gasteiger partial charge on any atom is -0.475 e. The second-order valence-electron chi connectivity index (χ2n) is 2.80. The molecule has 2 rings (SSSR count). The predicted octanol–water partition coefficient (Wildman–Crippen LogP) is -0.0244. The molecule has 2 heterocycles. The number of piperazine rings is 1. The Morgan fingerprint density at radius 1 is 1.27 bits per heavy atom. The van der Waals surface area contributed by atoms with Crippen LogP contribution in [0, 0.1) is 0 Å². The SMILES string of the molecule is C1=COC2(C=C1)CNCCN2. The van der Waals surface area contributed by atoms with Gasteiger partial charge >= 0.3 is 0 Å². The van der Waals surface area contributed by atoms with E-state index in [4.69, 9.17) is 4.74 Å². The molecule has 0 saturated carbocycles. The van der Waals surface area contributed by atoms with Crippen molar-refractivity contribution in [2.24, 2.45) is 0 Å². The van der Waals surface area contributed by atoms with Crippen molar-refractivity contribution in [2.75, 3.05) is 19.6 Å². The lowest BCUT2D eigenvalue weighted by atomic mass is 10.1. The summed E-state index contributed by atoms with van der Waals surface area (Å²) in [6.07, 6.45) is 7.66. The zero-order chi connectivity index (χ0) is 7.57. The standard InChI is InChI=1S/C8H12N2O/c1-2-6-11-8(3-1)7-9-4-5-10-8/h1-3,6,9-10H,4-5,7H2. The number of hydrogen-bond donors (Lipinski definition) is 2. The Kier molecular flexibility index (Phi) is 1.68.